The first kappa shape index (κ1) is 9.95. The summed E-state index contributed by atoms with van der Waals surface area (Å²) in [5.74, 6) is -0.935. The quantitative estimate of drug-likeness (QED) is 0.441. The van der Waals surface area contributed by atoms with Crippen LogP contribution in [0.1, 0.15) is 6.92 Å². The molecule has 0 fully saturated rings. The third-order valence-corrected chi connectivity index (χ3v) is 0.365. The molecule has 0 unspecified atom stereocenters. The summed E-state index contributed by atoms with van der Waals surface area (Å²) in [5.41, 5.74) is 0.176. The molecule has 0 bridgehead atoms. The number of aliphatic carboxylic acids is 1. The first-order valence-electron chi connectivity index (χ1n) is 1.53. The third kappa shape index (κ3) is 5.83. The summed E-state index contributed by atoms with van der Waals surface area (Å²) in [6, 6.07) is 0. The van der Waals surface area contributed by atoms with Gasteiger partial charge in [-0.05, 0) is 6.92 Å². The number of carboxylic acid groups (broad SMARTS) is 1. The molecule has 0 rings (SSSR count). The van der Waals surface area contributed by atoms with Crippen LogP contribution in [0.25, 0.3) is 0 Å². The molecule has 0 heterocycles. The van der Waals surface area contributed by atoms with Crippen LogP contribution in [0.15, 0.2) is 12.2 Å². The molecule has 0 atom stereocenters. The molecule has 0 aliphatic carbocycles. The van der Waals surface area contributed by atoms with Gasteiger partial charge in [0.15, 0.2) is 0 Å². The van der Waals surface area contributed by atoms with E-state index < -0.39 is 5.97 Å². The van der Waals surface area contributed by atoms with Crippen LogP contribution in [0.5, 0.6) is 0 Å². The van der Waals surface area contributed by atoms with Gasteiger partial charge in [-0.1, -0.05) is 6.58 Å². The molecule has 0 saturated heterocycles. The average Bonchev–Trinajstić information content (AvgIpc) is 1.36. The fourth-order valence-corrected chi connectivity index (χ4v) is 0. The van der Waals surface area contributed by atoms with E-state index in [1.165, 1.54) is 6.92 Å². The van der Waals surface area contributed by atoms with Gasteiger partial charge in [-0.3, -0.25) is 0 Å². The Balaban J connectivity index is 0. The summed E-state index contributed by atoms with van der Waals surface area (Å²) in [6.45, 7) is 4.60. The molecular formula is C4H6O2Zn. The minimum atomic E-state index is -0.935. The maximum Gasteiger partial charge on any atom is 0.330 e. The maximum absolute atomic E-state index is 9.60. The van der Waals surface area contributed by atoms with Gasteiger partial charge in [0.1, 0.15) is 0 Å². The van der Waals surface area contributed by atoms with Gasteiger partial charge in [0.25, 0.3) is 0 Å². The van der Waals surface area contributed by atoms with Crippen molar-refractivity contribution in [3.63, 3.8) is 0 Å². The summed E-state index contributed by atoms with van der Waals surface area (Å²) >= 11 is 0. The van der Waals surface area contributed by atoms with E-state index in [4.69, 9.17) is 5.11 Å². The van der Waals surface area contributed by atoms with Gasteiger partial charge in [0, 0.05) is 25.1 Å². The molecule has 0 radical (unpaired) electrons. The fraction of sp³-hybridized carbons (Fsp3) is 0.250. The average molecular weight is 151 g/mol. The summed E-state index contributed by atoms with van der Waals surface area (Å²) < 4.78 is 0. The minimum Gasteiger partial charge on any atom is -0.478 e. The van der Waals surface area contributed by atoms with E-state index >= 15 is 0 Å². The Kier molecular flexibility index (Phi) is 5.69. The summed E-state index contributed by atoms with van der Waals surface area (Å²) in [7, 11) is 0. The van der Waals surface area contributed by atoms with E-state index in [9.17, 15) is 4.79 Å². The Hall–Kier alpha value is -0.167. The number of hydrogen-bond acceptors (Lipinski definition) is 1. The fourth-order valence-electron chi connectivity index (χ4n) is 0. The van der Waals surface area contributed by atoms with Crippen LogP contribution < -0.4 is 0 Å². The SMILES string of the molecule is C=C(C)C(=O)O.[Zn]. The van der Waals surface area contributed by atoms with Gasteiger partial charge >= 0.3 is 5.97 Å². The molecule has 0 aromatic rings. The van der Waals surface area contributed by atoms with Crippen molar-refractivity contribution in [1.82, 2.24) is 0 Å². The van der Waals surface area contributed by atoms with Gasteiger partial charge in [-0.2, -0.15) is 0 Å². The van der Waals surface area contributed by atoms with Crippen LogP contribution in [-0.4, -0.2) is 11.1 Å². The molecule has 3 heteroatoms. The predicted molar refractivity (Wildman–Crippen MR) is 22.4 cm³/mol. The molecule has 0 saturated carbocycles. The van der Waals surface area contributed by atoms with Gasteiger partial charge in [-0.25, -0.2) is 4.79 Å². The molecule has 36 valence electrons. The van der Waals surface area contributed by atoms with Gasteiger partial charge < -0.3 is 5.11 Å². The standard InChI is InChI=1S/C4H6O2.Zn/c1-3(2)4(5)6;/h1H2,2H3,(H,5,6);. The number of carboxylic acids is 1. The van der Waals surface area contributed by atoms with E-state index in [1.54, 1.807) is 0 Å². The molecule has 0 aliphatic rings. The Morgan fingerprint density at radius 2 is 1.86 bits per heavy atom. The zero-order valence-corrected chi connectivity index (χ0v) is 7.24. The van der Waals surface area contributed by atoms with Crippen molar-refractivity contribution in [3.05, 3.63) is 12.2 Å². The van der Waals surface area contributed by atoms with Crippen LogP contribution >= 0.6 is 0 Å². The topological polar surface area (TPSA) is 37.3 Å². The van der Waals surface area contributed by atoms with Crippen LogP contribution in [-0.2, 0) is 24.3 Å². The molecule has 0 amide bonds. The molecule has 0 aromatic carbocycles. The predicted octanol–water partition coefficient (Wildman–Crippen LogP) is 0.645. The van der Waals surface area contributed by atoms with E-state index in [1.807, 2.05) is 0 Å². The molecular weight excluding hydrogens is 145 g/mol. The first-order chi connectivity index (χ1) is 2.64. The summed E-state index contributed by atoms with van der Waals surface area (Å²) in [6.07, 6.45) is 0. The van der Waals surface area contributed by atoms with Crippen molar-refractivity contribution in [2.45, 2.75) is 6.92 Å². The van der Waals surface area contributed by atoms with Gasteiger partial charge in [0.05, 0.1) is 0 Å². The summed E-state index contributed by atoms with van der Waals surface area (Å²) in [4.78, 5) is 9.60. The number of hydrogen-bond donors (Lipinski definition) is 1. The van der Waals surface area contributed by atoms with Gasteiger partial charge in [-0.15, -0.1) is 0 Å². The minimum absolute atomic E-state index is 0. The second-order valence-corrected chi connectivity index (χ2v) is 1.09. The largest absolute Gasteiger partial charge is 0.478 e. The molecule has 2 nitrogen and oxygen atoms in total. The smallest absolute Gasteiger partial charge is 0.330 e. The van der Waals surface area contributed by atoms with Crippen LogP contribution in [0.4, 0.5) is 0 Å². The van der Waals surface area contributed by atoms with Crippen LogP contribution in [0.3, 0.4) is 0 Å². The second-order valence-electron chi connectivity index (χ2n) is 1.09. The van der Waals surface area contributed by atoms with E-state index in [0.717, 1.165) is 0 Å². The molecule has 1 N–H and O–H groups in total. The molecule has 7 heavy (non-hydrogen) atoms. The van der Waals surface area contributed by atoms with Crippen molar-refractivity contribution >= 4 is 5.97 Å². The Morgan fingerprint density at radius 3 is 1.86 bits per heavy atom. The van der Waals surface area contributed by atoms with Crippen molar-refractivity contribution in [1.29, 1.82) is 0 Å². The number of rotatable bonds is 1. The second kappa shape index (κ2) is 4.00. The number of carbonyl (C=O) groups is 1. The Labute approximate surface area is 55.0 Å². The van der Waals surface area contributed by atoms with E-state index in [2.05, 4.69) is 6.58 Å². The zero-order chi connectivity index (χ0) is 5.15. The Bertz CT molecular complexity index is 75.7. The maximum atomic E-state index is 9.60. The molecule has 0 aliphatic heterocycles. The van der Waals surface area contributed by atoms with Crippen molar-refractivity contribution in [2.75, 3.05) is 0 Å². The zero-order valence-electron chi connectivity index (χ0n) is 4.27. The van der Waals surface area contributed by atoms with Crippen molar-refractivity contribution in [3.8, 4) is 0 Å². The van der Waals surface area contributed by atoms with Gasteiger partial charge in [0.2, 0.25) is 0 Å². The first-order valence-corrected chi connectivity index (χ1v) is 1.53. The molecule has 0 aromatic heterocycles. The van der Waals surface area contributed by atoms with Crippen molar-refractivity contribution < 1.29 is 29.4 Å². The van der Waals surface area contributed by atoms with Crippen molar-refractivity contribution in [2.24, 2.45) is 0 Å². The van der Waals surface area contributed by atoms with E-state index in [-0.39, 0.29) is 25.1 Å². The summed E-state index contributed by atoms with van der Waals surface area (Å²) in [5, 5.41) is 7.89. The van der Waals surface area contributed by atoms with Crippen LogP contribution in [0.2, 0.25) is 0 Å². The monoisotopic (exact) mass is 150 g/mol. The normalized spacial score (nSPS) is 6.43. The third-order valence-electron chi connectivity index (χ3n) is 0.365. The Morgan fingerprint density at radius 1 is 1.71 bits per heavy atom. The molecule has 0 spiro atoms. The van der Waals surface area contributed by atoms with E-state index in [0.29, 0.717) is 0 Å². The van der Waals surface area contributed by atoms with Crippen LogP contribution in [0, 0.1) is 0 Å².